The van der Waals surface area contributed by atoms with E-state index in [9.17, 15) is 33.7 Å². The molecule has 0 N–H and O–H groups in total. The summed E-state index contributed by atoms with van der Waals surface area (Å²) in [6.07, 6.45) is -4.53. The Bertz CT molecular complexity index is 218. The Kier molecular flexibility index (Phi) is 4.17. The lowest BCUT2D eigenvalue weighted by Crippen LogP contribution is -2.44. The zero-order chi connectivity index (χ0) is 11.4. The lowest BCUT2D eigenvalue weighted by Gasteiger charge is -2.09. The molecule has 82 valence electrons. The third-order valence-electron chi connectivity index (χ3n) is 1.18. The molecule has 0 spiro atoms. The molecule has 0 rings (SSSR count). The molecular formula is C3H3F3N2O6. The van der Waals surface area contributed by atoms with Crippen LogP contribution in [0.15, 0.2) is 0 Å². The molecule has 0 aromatic heterocycles. The first-order valence-electron chi connectivity index (χ1n) is 2.91. The molecule has 0 fully saturated rings. The smallest absolute Gasteiger partial charge is 0.256 e. The molecule has 0 aliphatic rings. The predicted octanol–water partition coefficient (Wildman–Crippen LogP) is 0.681. The van der Waals surface area contributed by atoms with Gasteiger partial charge < -0.3 is 0 Å². The number of rotatable bonds is 6. The van der Waals surface area contributed by atoms with Gasteiger partial charge in [-0.2, -0.15) is 9.88 Å². The Labute approximate surface area is 73.3 Å². The normalized spacial score (nSPS) is 11.7. The first-order chi connectivity index (χ1) is 6.38. The van der Waals surface area contributed by atoms with Gasteiger partial charge in [0.15, 0.2) is 6.42 Å². The average Bonchev–Trinajstić information content (AvgIpc) is 2.13. The van der Waals surface area contributed by atoms with Gasteiger partial charge >= 0.3 is 5.92 Å². The highest BCUT2D eigenvalue weighted by Gasteiger charge is 2.60. The molecule has 0 aliphatic carbocycles. The van der Waals surface area contributed by atoms with Crippen molar-refractivity contribution >= 4 is 0 Å². The van der Waals surface area contributed by atoms with E-state index in [2.05, 4.69) is 9.88 Å². The second kappa shape index (κ2) is 4.66. The summed E-state index contributed by atoms with van der Waals surface area (Å²) in [7, 11) is 0. The summed E-state index contributed by atoms with van der Waals surface area (Å²) in [6.45, 7) is 0. The monoisotopic (exact) mass is 220 g/mol. The number of nitro groups is 2. The quantitative estimate of drug-likeness (QED) is 0.282. The second-order valence-electron chi connectivity index (χ2n) is 2.04. The Hall–Kier alpha value is -1.49. The van der Waals surface area contributed by atoms with Gasteiger partial charge in [-0.15, -0.1) is 0 Å². The van der Waals surface area contributed by atoms with Gasteiger partial charge in [0.25, 0.3) is 6.29 Å². The fraction of sp³-hybridized carbons (Fsp3) is 1.00. The predicted molar refractivity (Wildman–Crippen MR) is 30.6 cm³/mol. The maximum absolute atomic E-state index is 12.8. The molecule has 0 saturated heterocycles. The molecule has 0 aromatic rings. The number of nitrogens with zero attached hydrogens (tertiary/aromatic N) is 2. The second-order valence-corrected chi connectivity index (χ2v) is 2.04. The maximum Gasteiger partial charge on any atom is 0.619 e. The minimum atomic E-state index is -4.26. The van der Waals surface area contributed by atoms with Gasteiger partial charge in [0.05, 0.1) is 0 Å². The minimum absolute atomic E-state index is 1.86. The summed E-state index contributed by atoms with van der Waals surface area (Å²) in [4.78, 5) is 20.9. The van der Waals surface area contributed by atoms with E-state index in [0.717, 1.165) is 0 Å². The van der Waals surface area contributed by atoms with Crippen molar-refractivity contribution in [2.45, 2.75) is 18.6 Å². The van der Waals surface area contributed by atoms with Gasteiger partial charge in [-0.25, -0.2) is 0 Å². The van der Waals surface area contributed by atoms with E-state index in [1.165, 1.54) is 0 Å². The molecule has 0 radical (unpaired) electrons. The molecule has 0 unspecified atom stereocenters. The van der Waals surface area contributed by atoms with Gasteiger partial charge in [0.2, 0.25) is 0 Å². The molecule has 14 heavy (non-hydrogen) atoms. The van der Waals surface area contributed by atoms with Crippen LogP contribution in [0.3, 0.4) is 0 Å². The minimum Gasteiger partial charge on any atom is -0.256 e. The third kappa shape index (κ3) is 2.50. The Balaban J connectivity index is 4.68. The number of halogens is 3. The van der Waals surface area contributed by atoms with Crippen LogP contribution in [0.5, 0.6) is 0 Å². The molecule has 0 aromatic carbocycles. The lowest BCUT2D eigenvalue weighted by atomic mass is 10.3. The van der Waals surface area contributed by atoms with E-state index < -0.39 is 28.5 Å². The standard InChI is InChI=1S/C3H3F3N2O6/c4-3(7(9)10,8(11)12)1-2(13-5)14-6/h2H,1H2. The number of alkyl halides is 1. The van der Waals surface area contributed by atoms with E-state index in [1.54, 1.807) is 0 Å². The molecule has 0 bridgehead atoms. The van der Waals surface area contributed by atoms with Crippen molar-refractivity contribution < 1.29 is 33.2 Å². The van der Waals surface area contributed by atoms with Crippen LogP contribution in [0, 0.1) is 20.2 Å². The van der Waals surface area contributed by atoms with Crippen LogP contribution in [0.25, 0.3) is 0 Å². The molecular weight excluding hydrogens is 217 g/mol. The fourth-order valence-electron chi connectivity index (χ4n) is 0.505. The summed E-state index contributed by atoms with van der Waals surface area (Å²) >= 11 is 0. The van der Waals surface area contributed by atoms with Gasteiger partial charge in [0, 0.05) is 0 Å². The van der Waals surface area contributed by atoms with E-state index >= 15 is 0 Å². The van der Waals surface area contributed by atoms with Gasteiger partial charge in [-0.3, -0.25) is 20.2 Å². The Morgan fingerprint density at radius 2 is 1.57 bits per heavy atom. The van der Waals surface area contributed by atoms with Crippen molar-refractivity contribution in [1.82, 2.24) is 0 Å². The summed E-state index contributed by atoms with van der Waals surface area (Å²) in [5.41, 5.74) is 0. The van der Waals surface area contributed by atoms with Crippen molar-refractivity contribution in [3.8, 4) is 0 Å². The first-order valence-corrected chi connectivity index (χ1v) is 2.91. The molecule has 8 nitrogen and oxygen atoms in total. The van der Waals surface area contributed by atoms with E-state index in [0.29, 0.717) is 0 Å². The summed E-state index contributed by atoms with van der Waals surface area (Å²) < 4.78 is 35.2. The molecule has 0 atom stereocenters. The zero-order valence-corrected chi connectivity index (χ0v) is 6.26. The third-order valence-corrected chi connectivity index (χ3v) is 1.18. The summed E-state index contributed by atoms with van der Waals surface area (Å²) in [5.74, 6) is -4.26. The van der Waals surface area contributed by atoms with Crippen LogP contribution < -0.4 is 0 Å². The molecule has 0 heterocycles. The maximum atomic E-state index is 12.8. The van der Waals surface area contributed by atoms with Crippen LogP contribution in [0.4, 0.5) is 13.4 Å². The van der Waals surface area contributed by atoms with Crippen molar-refractivity contribution in [1.29, 1.82) is 0 Å². The van der Waals surface area contributed by atoms with Crippen LogP contribution in [0.1, 0.15) is 6.42 Å². The van der Waals surface area contributed by atoms with Crippen LogP contribution >= 0.6 is 0 Å². The highest BCUT2D eigenvalue weighted by atomic mass is 19.3. The van der Waals surface area contributed by atoms with Crippen molar-refractivity contribution in [3.05, 3.63) is 20.2 Å². The highest BCUT2D eigenvalue weighted by molar-refractivity contribution is 4.54. The van der Waals surface area contributed by atoms with Crippen molar-refractivity contribution in [3.63, 3.8) is 0 Å². The van der Waals surface area contributed by atoms with E-state index in [4.69, 9.17) is 0 Å². The largest absolute Gasteiger partial charge is 0.619 e. The van der Waals surface area contributed by atoms with Crippen LogP contribution in [-0.4, -0.2) is 22.1 Å². The Morgan fingerprint density at radius 3 is 1.79 bits per heavy atom. The van der Waals surface area contributed by atoms with Crippen molar-refractivity contribution in [2.75, 3.05) is 0 Å². The number of hydrogen-bond acceptors (Lipinski definition) is 6. The van der Waals surface area contributed by atoms with Crippen LogP contribution in [0.2, 0.25) is 0 Å². The lowest BCUT2D eigenvalue weighted by molar-refractivity contribution is -0.835. The molecule has 0 saturated carbocycles. The van der Waals surface area contributed by atoms with Gasteiger partial charge in [-0.1, -0.05) is 4.39 Å². The van der Waals surface area contributed by atoms with Crippen LogP contribution in [-0.2, 0) is 9.88 Å². The first kappa shape index (κ1) is 12.5. The van der Waals surface area contributed by atoms with E-state index in [1.807, 2.05) is 0 Å². The van der Waals surface area contributed by atoms with Gasteiger partial charge in [-0.05, 0) is 9.05 Å². The van der Waals surface area contributed by atoms with Crippen molar-refractivity contribution in [2.24, 2.45) is 0 Å². The molecule has 0 aliphatic heterocycles. The Morgan fingerprint density at radius 1 is 1.21 bits per heavy atom. The average molecular weight is 220 g/mol. The van der Waals surface area contributed by atoms with Gasteiger partial charge in [0.1, 0.15) is 9.85 Å². The fourth-order valence-corrected chi connectivity index (χ4v) is 0.505. The molecule has 11 heteroatoms. The highest BCUT2D eigenvalue weighted by Crippen LogP contribution is 2.22. The van der Waals surface area contributed by atoms with E-state index in [-0.39, 0.29) is 0 Å². The SMILES string of the molecule is O=[N+]([O-])C(F)(CC(OF)OF)[N+](=O)[O-]. The zero-order valence-electron chi connectivity index (χ0n) is 6.26. The topological polar surface area (TPSA) is 105 Å². The summed E-state index contributed by atoms with van der Waals surface area (Å²) in [6, 6.07) is 0. The molecule has 0 amide bonds. The summed E-state index contributed by atoms with van der Waals surface area (Å²) in [5, 5.41) is 19.7. The number of hydrogen-bond donors (Lipinski definition) is 0.